The molecule has 1 aliphatic rings. The van der Waals surface area contributed by atoms with Gasteiger partial charge in [-0.1, -0.05) is 42.5 Å². The molecule has 0 saturated heterocycles. The number of anilines is 1. The van der Waals surface area contributed by atoms with E-state index in [2.05, 4.69) is 90.1 Å². The molecule has 0 aliphatic carbocycles. The number of aromatic nitrogens is 2. The van der Waals surface area contributed by atoms with Gasteiger partial charge in [-0.2, -0.15) is 0 Å². The molecule has 3 aromatic rings. The molecule has 4 nitrogen and oxygen atoms in total. The standard InChI is InChI=1S/C22H26N4/c1-24(2)19-11-9-17(10-12-19)15-26-14-13-20-21(16-26)25(3)22(23-20)18-7-5-4-6-8-18/h4-12H,13-16H2,1-3H3. The second-order valence-electron chi connectivity index (χ2n) is 7.28. The van der Waals surface area contributed by atoms with Crippen LogP contribution in [-0.2, 0) is 26.6 Å². The number of rotatable bonds is 4. The van der Waals surface area contributed by atoms with Gasteiger partial charge in [-0.25, -0.2) is 4.98 Å². The van der Waals surface area contributed by atoms with Crippen LogP contribution in [-0.4, -0.2) is 35.1 Å². The van der Waals surface area contributed by atoms with Crippen molar-refractivity contribution in [1.29, 1.82) is 0 Å². The van der Waals surface area contributed by atoms with Gasteiger partial charge >= 0.3 is 0 Å². The van der Waals surface area contributed by atoms with Crippen molar-refractivity contribution in [3.63, 3.8) is 0 Å². The first-order chi connectivity index (χ1) is 12.6. The van der Waals surface area contributed by atoms with Gasteiger partial charge in [0.1, 0.15) is 5.82 Å². The van der Waals surface area contributed by atoms with Gasteiger partial charge < -0.3 is 9.47 Å². The van der Waals surface area contributed by atoms with Gasteiger partial charge in [0.15, 0.2) is 0 Å². The highest BCUT2D eigenvalue weighted by atomic mass is 15.2. The summed E-state index contributed by atoms with van der Waals surface area (Å²) in [6.07, 6.45) is 1.02. The zero-order valence-corrected chi connectivity index (χ0v) is 15.8. The summed E-state index contributed by atoms with van der Waals surface area (Å²) in [6, 6.07) is 19.3. The molecule has 0 fully saturated rings. The minimum Gasteiger partial charge on any atom is -0.378 e. The van der Waals surface area contributed by atoms with E-state index in [0.29, 0.717) is 0 Å². The lowest BCUT2D eigenvalue weighted by Gasteiger charge is -2.27. The Hall–Kier alpha value is -2.59. The van der Waals surface area contributed by atoms with E-state index in [9.17, 15) is 0 Å². The highest BCUT2D eigenvalue weighted by Crippen LogP contribution is 2.26. The molecule has 0 atom stereocenters. The van der Waals surface area contributed by atoms with Crippen molar-refractivity contribution in [3.05, 3.63) is 71.5 Å². The van der Waals surface area contributed by atoms with Gasteiger partial charge in [0, 0.05) is 58.4 Å². The van der Waals surface area contributed by atoms with Gasteiger partial charge in [0.2, 0.25) is 0 Å². The van der Waals surface area contributed by atoms with Crippen LogP contribution in [0.3, 0.4) is 0 Å². The van der Waals surface area contributed by atoms with E-state index in [1.54, 1.807) is 0 Å². The van der Waals surface area contributed by atoms with Crippen molar-refractivity contribution in [2.24, 2.45) is 7.05 Å². The Morgan fingerprint density at radius 3 is 2.42 bits per heavy atom. The molecule has 0 spiro atoms. The molecule has 2 aromatic carbocycles. The smallest absolute Gasteiger partial charge is 0.140 e. The number of nitrogens with zero attached hydrogens (tertiary/aromatic N) is 4. The fourth-order valence-corrected chi connectivity index (χ4v) is 3.68. The van der Waals surface area contributed by atoms with Crippen molar-refractivity contribution in [1.82, 2.24) is 14.5 Å². The second-order valence-corrected chi connectivity index (χ2v) is 7.28. The van der Waals surface area contributed by atoms with Crippen LogP contribution in [0.1, 0.15) is 17.0 Å². The van der Waals surface area contributed by atoms with Gasteiger partial charge in [0.05, 0.1) is 11.4 Å². The number of benzene rings is 2. The van der Waals surface area contributed by atoms with Gasteiger partial charge in [-0.15, -0.1) is 0 Å². The Kier molecular flexibility index (Phi) is 4.51. The summed E-state index contributed by atoms with van der Waals surface area (Å²) in [7, 11) is 6.30. The zero-order valence-electron chi connectivity index (χ0n) is 15.8. The average Bonchev–Trinajstić information content (AvgIpc) is 2.99. The number of hydrogen-bond acceptors (Lipinski definition) is 3. The van der Waals surface area contributed by atoms with Gasteiger partial charge in [-0.05, 0) is 17.7 Å². The van der Waals surface area contributed by atoms with E-state index in [0.717, 1.165) is 31.9 Å². The van der Waals surface area contributed by atoms with E-state index < -0.39 is 0 Å². The molecule has 1 aliphatic heterocycles. The second kappa shape index (κ2) is 6.96. The Morgan fingerprint density at radius 1 is 1.00 bits per heavy atom. The number of fused-ring (bicyclic) bond motifs is 1. The minimum absolute atomic E-state index is 0.959. The molecule has 0 unspecified atom stereocenters. The maximum atomic E-state index is 4.92. The molecule has 0 bridgehead atoms. The lowest BCUT2D eigenvalue weighted by atomic mass is 10.1. The Bertz CT molecular complexity index is 879. The third-order valence-electron chi connectivity index (χ3n) is 5.23. The van der Waals surface area contributed by atoms with Crippen LogP contribution in [0.25, 0.3) is 11.4 Å². The summed E-state index contributed by atoms with van der Waals surface area (Å²) in [5.74, 6) is 1.08. The maximum Gasteiger partial charge on any atom is 0.140 e. The molecule has 26 heavy (non-hydrogen) atoms. The highest BCUT2D eigenvalue weighted by Gasteiger charge is 2.23. The summed E-state index contributed by atoms with van der Waals surface area (Å²) < 4.78 is 2.27. The highest BCUT2D eigenvalue weighted by molar-refractivity contribution is 5.57. The third-order valence-corrected chi connectivity index (χ3v) is 5.23. The molecule has 0 N–H and O–H groups in total. The van der Waals surface area contributed by atoms with Crippen LogP contribution >= 0.6 is 0 Å². The first-order valence-corrected chi connectivity index (χ1v) is 9.20. The molecule has 4 heteroatoms. The molecule has 134 valence electrons. The van der Waals surface area contributed by atoms with E-state index >= 15 is 0 Å². The van der Waals surface area contributed by atoms with Crippen LogP contribution < -0.4 is 4.90 Å². The summed E-state index contributed by atoms with van der Waals surface area (Å²) in [6.45, 7) is 3.01. The van der Waals surface area contributed by atoms with Crippen molar-refractivity contribution in [2.75, 3.05) is 25.5 Å². The summed E-state index contributed by atoms with van der Waals surface area (Å²) >= 11 is 0. The SMILES string of the molecule is CN(C)c1ccc(CN2CCc3nc(-c4ccccc4)n(C)c3C2)cc1. The maximum absolute atomic E-state index is 4.92. The van der Waals surface area contributed by atoms with Gasteiger partial charge in [0.25, 0.3) is 0 Å². The largest absolute Gasteiger partial charge is 0.378 e. The van der Waals surface area contributed by atoms with Crippen LogP contribution in [0.2, 0.25) is 0 Å². The normalized spacial score (nSPS) is 14.3. The van der Waals surface area contributed by atoms with Crippen molar-refractivity contribution in [3.8, 4) is 11.4 Å². The zero-order chi connectivity index (χ0) is 18.1. The van der Waals surface area contributed by atoms with Crippen molar-refractivity contribution < 1.29 is 0 Å². The first-order valence-electron chi connectivity index (χ1n) is 9.20. The topological polar surface area (TPSA) is 24.3 Å². The molecule has 0 amide bonds. The molecule has 0 saturated carbocycles. The Balaban J connectivity index is 1.52. The van der Waals surface area contributed by atoms with E-state index in [4.69, 9.17) is 4.98 Å². The first kappa shape index (κ1) is 16.9. The van der Waals surface area contributed by atoms with Crippen LogP contribution in [0, 0.1) is 0 Å². The summed E-state index contributed by atoms with van der Waals surface area (Å²) in [5, 5.41) is 0. The lowest BCUT2D eigenvalue weighted by Crippen LogP contribution is -2.31. The predicted octanol–water partition coefficient (Wildman–Crippen LogP) is 3.71. The lowest BCUT2D eigenvalue weighted by molar-refractivity contribution is 0.238. The fraction of sp³-hybridized carbons (Fsp3) is 0.318. The van der Waals surface area contributed by atoms with E-state index in [1.165, 1.54) is 28.2 Å². The van der Waals surface area contributed by atoms with Crippen LogP contribution in [0.15, 0.2) is 54.6 Å². The average molecular weight is 346 g/mol. The summed E-state index contributed by atoms with van der Waals surface area (Å²) in [4.78, 5) is 9.58. The molecule has 2 heterocycles. The monoisotopic (exact) mass is 346 g/mol. The predicted molar refractivity (Wildman–Crippen MR) is 107 cm³/mol. The number of hydrogen-bond donors (Lipinski definition) is 0. The Morgan fingerprint density at radius 2 is 1.73 bits per heavy atom. The van der Waals surface area contributed by atoms with E-state index in [1.807, 2.05) is 0 Å². The Labute approximate surface area is 155 Å². The summed E-state index contributed by atoms with van der Waals surface area (Å²) in [5.41, 5.74) is 6.40. The van der Waals surface area contributed by atoms with Crippen LogP contribution in [0.5, 0.6) is 0 Å². The molecular formula is C22H26N4. The van der Waals surface area contributed by atoms with Gasteiger partial charge in [-0.3, -0.25) is 4.90 Å². The quantitative estimate of drug-likeness (QED) is 0.720. The molecule has 1 aromatic heterocycles. The minimum atomic E-state index is 0.959. The number of imidazole rings is 1. The van der Waals surface area contributed by atoms with Crippen LogP contribution in [0.4, 0.5) is 5.69 Å². The molecular weight excluding hydrogens is 320 g/mol. The third kappa shape index (κ3) is 3.25. The molecule has 4 rings (SSSR count). The van der Waals surface area contributed by atoms with E-state index in [-0.39, 0.29) is 0 Å². The fourth-order valence-electron chi connectivity index (χ4n) is 3.68. The van der Waals surface area contributed by atoms with Crippen molar-refractivity contribution in [2.45, 2.75) is 19.5 Å². The molecule has 0 radical (unpaired) electrons. The van der Waals surface area contributed by atoms with Crippen molar-refractivity contribution >= 4 is 5.69 Å².